The van der Waals surface area contributed by atoms with Crippen molar-refractivity contribution < 1.29 is 8.42 Å². The molecule has 2 rings (SSSR count). The van der Waals surface area contributed by atoms with Crippen LogP contribution >= 0.6 is 22.9 Å². The van der Waals surface area contributed by atoms with E-state index in [-0.39, 0.29) is 10.8 Å². The minimum absolute atomic E-state index is 0.210. The molecular formula is C13H21ClN4O2S2. The number of hydrogen-bond acceptors (Lipinski definition) is 4. The van der Waals surface area contributed by atoms with Crippen LogP contribution < -0.4 is 10.5 Å². The van der Waals surface area contributed by atoms with Gasteiger partial charge in [0, 0.05) is 19.6 Å². The zero-order chi connectivity index (χ0) is 16.0. The minimum atomic E-state index is -3.51. The fourth-order valence-corrected chi connectivity index (χ4v) is 4.81. The monoisotopic (exact) mass is 364 g/mol. The van der Waals surface area contributed by atoms with Crippen molar-refractivity contribution in [3.05, 3.63) is 16.5 Å². The lowest BCUT2D eigenvalue weighted by Crippen LogP contribution is -2.38. The van der Waals surface area contributed by atoms with Crippen LogP contribution in [0.25, 0.3) is 0 Å². The fourth-order valence-electron chi connectivity index (χ4n) is 2.26. The average molecular weight is 365 g/mol. The number of thiophene rings is 1. The van der Waals surface area contributed by atoms with Crippen molar-refractivity contribution in [3.8, 4) is 0 Å². The van der Waals surface area contributed by atoms with Gasteiger partial charge in [-0.05, 0) is 25.0 Å². The fraction of sp³-hybridized carbons (Fsp3) is 0.615. The molecule has 0 aliphatic carbocycles. The van der Waals surface area contributed by atoms with Crippen molar-refractivity contribution in [2.24, 2.45) is 10.7 Å². The molecule has 1 aliphatic heterocycles. The second kappa shape index (κ2) is 8.14. The number of rotatable bonds is 5. The molecule has 0 aromatic carbocycles. The van der Waals surface area contributed by atoms with E-state index >= 15 is 0 Å². The second-order valence-corrected chi connectivity index (χ2v) is 8.81. The molecule has 1 aromatic rings. The van der Waals surface area contributed by atoms with E-state index in [1.807, 2.05) is 0 Å². The van der Waals surface area contributed by atoms with Gasteiger partial charge in [0.1, 0.15) is 4.21 Å². The Morgan fingerprint density at radius 2 is 2.00 bits per heavy atom. The van der Waals surface area contributed by atoms with Crippen molar-refractivity contribution in [2.45, 2.75) is 29.9 Å². The average Bonchev–Trinajstić information content (AvgIpc) is 2.76. The van der Waals surface area contributed by atoms with E-state index in [1.165, 1.54) is 18.9 Å². The van der Waals surface area contributed by atoms with Crippen molar-refractivity contribution >= 4 is 38.9 Å². The lowest BCUT2D eigenvalue weighted by Gasteiger charge is -2.21. The third-order valence-electron chi connectivity index (χ3n) is 3.42. The van der Waals surface area contributed by atoms with Crippen molar-refractivity contribution in [2.75, 3.05) is 26.2 Å². The normalized spacial score (nSPS) is 17.5. The van der Waals surface area contributed by atoms with Crippen LogP contribution in [0.5, 0.6) is 0 Å². The maximum atomic E-state index is 12.0. The van der Waals surface area contributed by atoms with E-state index in [1.54, 1.807) is 6.07 Å². The topological polar surface area (TPSA) is 87.8 Å². The quantitative estimate of drug-likeness (QED) is 0.474. The molecule has 0 bridgehead atoms. The molecule has 9 heteroatoms. The molecule has 0 amide bonds. The van der Waals surface area contributed by atoms with Gasteiger partial charge in [0.2, 0.25) is 10.0 Å². The number of aliphatic imine (C=N–C) groups is 1. The Balaban J connectivity index is 1.81. The maximum Gasteiger partial charge on any atom is 0.250 e. The molecule has 0 saturated carbocycles. The van der Waals surface area contributed by atoms with Gasteiger partial charge in [0.05, 0.1) is 10.9 Å². The largest absolute Gasteiger partial charge is 0.370 e. The smallest absolute Gasteiger partial charge is 0.250 e. The zero-order valence-electron chi connectivity index (χ0n) is 12.3. The molecule has 124 valence electrons. The van der Waals surface area contributed by atoms with Gasteiger partial charge in [-0.1, -0.05) is 24.4 Å². The number of hydrogen-bond donors (Lipinski definition) is 2. The summed E-state index contributed by atoms with van der Waals surface area (Å²) in [5, 5.41) is 0. The summed E-state index contributed by atoms with van der Waals surface area (Å²) < 4.78 is 27.1. The Hall–Kier alpha value is -0.830. The number of guanidine groups is 1. The molecule has 1 fully saturated rings. The van der Waals surface area contributed by atoms with Gasteiger partial charge in [-0.15, -0.1) is 11.3 Å². The number of nitrogens with zero attached hydrogens (tertiary/aromatic N) is 2. The first-order valence-electron chi connectivity index (χ1n) is 7.29. The molecule has 3 N–H and O–H groups in total. The zero-order valence-corrected chi connectivity index (χ0v) is 14.7. The number of halogens is 1. The highest BCUT2D eigenvalue weighted by atomic mass is 35.5. The van der Waals surface area contributed by atoms with E-state index in [4.69, 9.17) is 17.3 Å². The van der Waals surface area contributed by atoms with E-state index in [0.29, 0.717) is 16.8 Å². The summed E-state index contributed by atoms with van der Waals surface area (Å²) in [6, 6.07) is 3.06. The second-order valence-electron chi connectivity index (χ2n) is 5.10. The minimum Gasteiger partial charge on any atom is -0.370 e. The molecule has 1 aromatic heterocycles. The molecule has 6 nitrogen and oxygen atoms in total. The van der Waals surface area contributed by atoms with Gasteiger partial charge in [0.25, 0.3) is 0 Å². The van der Waals surface area contributed by atoms with Crippen LogP contribution in [0.4, 0.5) is 0 Å². The summed E-state index contributed by atoms with van der Waals surface area (Å²) in [5.41, 5.74) is 5.97. The maximum absolute atomic E-state index is 12.0. The van der Waals surface area contributed by atoms with Crippen LogP contribution in [0.2, 0.25) is 4.34 Å². The number of likely N-dealkylation sites (tertiary alicyclic amines) is 1. The van der Waals surface area contributed by atoms with Gasteiger partial charge in [-0.2, -0.15) is 0 Å². The van der Waals surface area contributed by atoms with E-state index < -0.39 is 10.0 Å². The van der Waals surface area contributed by atoms with Gasteiger partial charge in [-0.3, -0.25) is 4.99 Å². The summed E-state index contributed by atoms with van der Waals surface area (Å²) in [6.45, 7) is 2.39. The molecule has 0 radical (unpaired) electrons. The Bertz CT molecular complexity index is 607. The lowest BCUT2D eigenvalue weighted by molar-refractivity contribution is 0.428. The molecule has 1 aliphatic rings. The van der Waals surface area contributed by atoms with Crippen LogP contribution in [0, 0.1) is 0 Å². The van der Waals surface area contributed by atoms with Crippen molar-refractivity contribution in [3.63, 3.8) is 0 Å². The van der Waals surface area contributed by atoms with Crippen LogP contribution in [-0.2, 0) is 10.0 Å². The summed E-state index contributed by atoms with van der Waals surface area (Å²) in [6.07, 6.45) is 4.71. The number of sulfonamides is 1. The number of nitrogens with two attached hydrogens (primary N) is 1. The lowest BCUT2D eigenvalue weighted by atomic mass is 10.2. The first-order valence-corrected chi connectivity index (χ1v) is 9.97. The van der Waals surface area contributed by atoms with Crippen LogP contribution in [0.1, 0.15) is 25.7 Å². The molecule has 22 heavy (non-hydrogen) atoms. The van der Waals surface area contributed by atoms with Crippen molar-refractivity contribution in [1.82, 2.24) is 9.62 Å². The Labute approximate surface area is 140 Å². The molecular weight excluding hydrogens is 344 g/mol. The highest BCUT2D eigenvalue weighted by Gasteiger charge is 2.16. The Kier molecular flexibility index (Phi) is 6.49. The summed E-state index contributed by atoms with van der Waals surface area (Å²) in [4.78, 5) is 6.33. The third kappa shape index (κ3) is 5.12. The summed E-state index contributed by atoms with van der Waals surface area (Å²) in [7, 11) is -3.51. The molecule has 1 saturated heterocycles. The highest BCUT2D eigenvalue weighted by Crippen LogP contribution is 2.25. The van der Waals surface area contributed by atoms with E-state index in [0.717, 1.165) is 37.3 Å². The Morgan fingerprint density at radius 1 is 1.32 bits per heavy atom. The summed E-state index contributed by atoms with van der Waals surface area (Å²) in [5.74, 6) is 0.500. The molecule has 2 heterocycles. The first kappa shape index (κ1) is 17.5. The van der Waals surface area contributed by atoms with Gasteiger partial charge in [0.15, 0.2) is 5.96 Å². The third-order valence-corrected chi connectivity index (χ3v) is 6.61. The first-order chi connectivity index (χ1) is 10.5. The molecule has 0 unspecified atom stereocenters. The SMILES string of the molecule is NC(=NCCNS(=O)(=O)c1ccc(Cl)s1)N1CCCCCC1. The van der Waals surface area contributed by atoms with Crippen molar-refractivity contribution in [1.29, 1.82) is 0 Å². The van der Waals surface area contributed by atoms with Gasteiger partial charge < -0.3 is 10.6 Å². The van der Waals surface area contributed by atoms with E-state index in [9.17, 15) is 8.42 Å². The molecule has 0 atom stereocenters. The van der Waals surface area contributed by atoms with Gasteiger partial charge >= 0.3 is 0 Å². The number of nitrogens with one attached hydrogen (secondary N) is 1. The van der Waals surface area contributed by atoms with Crippen LogP contribution in [0.3, 0.4) is 0 Å². The molecule has 0 spiro atoms. The van der Waals surface area contributed by atoms with Crippen LogP contribution in [0.15, 0.2) is 21.3 Å². The standard InChI is InChI=1S/C13H21ClN4O2S2/c14-11-5-6-12(21-11)22(19,20)17-8-7-16-13(15)18-9-3-1-2-4-10-18/h5-6,17H,1-4,7-10H2,(H2,15,16). The predicted octanol–water partition coefficient (Wildman–Crippen LogP) is 1.87. The predicted molar refractivity (Wildman–Crippen MR) is 91.0 cm³/mol. The van der Waals surface area contributed by atoms with E-state index in [2.05, 4.69) is 14.6 Å². The van der Waals surface area contributed by atoms with Gasteiger partial charge in [-0.25, -0.2) is 13.1 Å². The Morgan fingerprint density at radius 3 is 2.59 bits per heavy atom. The van der Waals surface area contributed by atoms with Crippen LogP contribution in [-0.4, -0.2) is 45.5 Å². The summed E-state index contributed by atoms with van der Waals surface area (Å²) >= 11 is 6.78. The highest BCUT2D eigenvalue weighted by molar-refractivity contribution is 7.91.